The van der Waals surface area contributed by atoms with Gasteiger partial charge in [-0.3, -0.25) is 0 Å². The molecule has 11 unspecified atom stereocenters. The molecule has 11 atom stereocenters. The second-order valence-corrected chi connectivity index (χ2v) is 13.7. The molecular weight excluding hydrogens is 456 g/mol. The van der Waals surface area contributed by atoms with Gasteiger partial charge in [-0.15, -0.1) is 0 Å². The van der Waals surface area contributed by atoms with Crippen molar-refractivity contribution >= 4 is 5.97 Å². The molecule has 0 bridgehead atoms. The summed E-state index contributed by atoms with van der Waals surface area (Å²) in [5.74, 6) is 1.75. The summed E-state index contributed by atoms with van der Waals surface area (Å²) in [5.41, 5.74) is 0.712. The van der Waals surface area contributed by atoms with Crippen LogP contribution < -0.4 is 0 Å². The Labute approximate surface area is 216 Å². The number of hydrogen-bond acceptors (Lipinski definition) is 6. The highest BCUT2D eigenvalue weighted by molar-refractivity contribution is 5.85. The number of carbonyl (C=O) groups is 1. The normalized spacial score (nSPS) is 53.0. The first kappa shape index (κ1) is 25.3. The summed E-state index contributed by atoms with van der Waals surface area (Å²) >= 11 is 0. The van der Waals surface area contributed by atoms with Crippen LogP contribution in [0, 0.1) is 34.5 Å². The van der Waals surface area contributed by atoms with Crippen molar-refractivity contribution in [2.75, 3.05) is 6.61 Å². The molecule has 36 heavy (non-hydrogen) atoms. The third kappa shape index (κ3) is 4.01. The van der Waals surface area contributed by atoms with E-state index in [1.165, 1.54) is 12.8 Å². The lowest BCUT2D eigenvalue weighted by molar-refractivity contribution is -0.257. The predicted octanol–water partition coefficient (Wildman–Crippen LogP) is 4.90. The molecule has 0 spiro atoms. The van der Waals surface area contributed by atoms with Crippen molar-refractivity contribution in [3.63, 3.8) is 0 Å². The van der Waals surface area contributed by atoms with Crippen LogP contribution in [-0.2, 0) is 19.0 Å². The van der Waals surface area contributed by atoms with E-state index in [9.17, 15) is 15.0 Å². The van der Waals surface area contributed by atoms with Crippen molar-refractivity contribution in [3.05, 3.63) is 11.6 Å². The number of hydrogen-bond donors (Lipinski definition) is 2. The first-order valence-corrected chi connectivity index (χ1v) is 14.7. The zero-order chi connectivity index (χ0) is 25.3. The van der Waals surface area contributed by atoms with Gasteiger partial charge in [0.15, 0.2) is 6.29 Å². The Morgan fingerprint density at radius 1 is 1.00 bits per heavy atom. The fraction of sp³-hybridized carbons (Fsp3) is 0.900. The molecular formula is C30H46O6. The minimum atomic E-state index is -0.606. The van der Waals surface area contributed by atoms with E-state index in [1.807, 2.05) is 6.92 Å². The number of aliphatic hydroxyl groups is 2. The van der Waals surface area contributed by atoms with Crippen LogP contribution in [0.5, 0.6) is 0 Å². The van der Waals surface area contributed by atoms with E-state index in [-0.39, 0.29) is 41.4 Å². The fourth-order valence-corrected chi connectivity index (χ4v) is 9.72. The molecule has 2 heterocycles. The lowest BCUT2D eigenvalue weighted by atomic mass is 9.41. The lowest BCUT2D eigenvalue weighted by Gasteiger charge is -2.66. The maximum absolute atomic E-state index is 12.4. The third-order valence-corrected chi connectivity index (χ3v) is 12.0. The van der Waals surface area contributed by atoms with Crippen molar-refractivity contribution in [1.29, 1.82) is 0 Å². The van der Waals surface area contributed by atoms with E-state index >= 15 is 0 Å². The van der Waals surface area contributed by atoms with Crippen LogP contribution in [0.25, 0.3) is 0 Å². The average Bonchev–Trinajstić information content (AvgIpc) is 3.28. The molecule has 6 nitrogen and oxygen atoms in total. The van der Waals surface area contributed by atoms with Crippen LogP contribution in [0.2, 0.25) is 0 Å². The van der Waals surface area contributed by atoms with Gasteiger partial charge < -0.3 is 24.4 Å². The Morgan fingerprint density at radius 3 is 2.58 bits per heavy atom. The minimum absolute atomic E-state index is 0.0906. The lowest BCUT2D eigenvalue weighted by Crippen LogP contribution is -2.65. The molecule has 4 saturated carbocycles. The molecule has 2 N–H and O–H groups in total. The second-order valence-electron chi connectivity index (χ2n) is 13.7. The van der Waals surface area contributed by atoms with E-state index in [2.05, 4.69) is 13.8 Å². The van der Waals surface area contributed by atoms with Crippen LogP contribution in [0.4, 0.5) is 0 Å². The number of aliphatic hydroxyl groups excluding tert-OH is 1. The van der Waals surface area contributed by atoms with Gasteiger partial charge in [0.25, 0.3) is 0 Å². The van der Waals surface area contributed by atoms with Crippen molar-refractivity contribution in [1.82, 2.24) is 0 Å². The van der Waals surface area contributed by atoms with Gasteiger partial charge in [-0.05, 0) is 118 Å². The monoisotopic (exact) mass is 502 g/mol. The van der Waals surface area contributed by atoms with Crippen LogP contribution in [0.15, 0.2) is 11.6 Å². The Bertz CT molecular complexity index is 902. The van der Waals surface area contributed by atoms with Crippen molar-refractivity contribution in [2.45, 2.75) is 128 Å². The number of esters is 1. The summed E-state index contributed by atoms with van der Waals surface area (Å²) in [6.45, 7) is 7.23. The van der Waals surface area contributed by atoms with Gasteiger partial charge in [-0.1, -0.05) is 13.8 Å². The molecule has 6 rings (SSSR count). The molecule has 5 fully saturated rings. The van der Waals surface area contributed by atoms with E-state index in [4.69, 9.17) is 14.2 Å². The van der Waals surface area contributed by atoms with Crippen LogP contribution in [-0.4, -0.2) is 53.0 Å². The summed E-state index contributed by atoms with van der Waals surface area (Å²) in [7, 11) is 0. The molecule has 0 aromatic rings. The first-order valence-electron chi connectivity index (χ1n) is 14.7. The Hall–Kier alpha value is -0.950. The SMILES string of the molecule is CC1OC(OC2CCC3(C)C(CCC4C3CCC3(C)CC(C5=CC(=O)OC5)CCC43O)C2)CCC1O. The number of rotatable bonds is 3. The molecule has 4 aliphatic carbocycles. The predicted molar refractivity (Wildman–Crippen MR) is 135 cm³/mol. The van der Waals surface area contributed by atoms with Gasteiger partial charge in [0, 0.05) is 12.5 Å². The molecule has 6 aliphatic rings. The van der Waals surface area contributed by atoms with E-state index in [0.29, 0.717) is 30.3 Å². The highest BCUT2D eigenvalue weighted by atomic mass is 16.7. The highest BCUT2D eigenvalue weighted by Crippen LogP contribution is 2.67. The molecule has 6 heteroatoms. The average molecular weight is 503 g/mol. The van der Waals surface area contributed by atoms with Crippen molar-refractivity contribution in [3.8, 4) is 0 Å². The fourth-order valence-electron chi connectivity index (χ4n) is 9.72. The summed E-state index contributed by atoms with van der Waals surface area (Å²) in [6, 6.07) is 0. The number of cyclic esters (lactones) is 1. The molecule has 0 aromatic heterocycles. The zero-order valence-electron chi connectivity index (χ0n) is 22.4. The number of carbonyl (C=O) groups excluding carboxylic acids is 1. The van der Waals surface area contributed by atoms with Gasteiger partial charge in [-0.25, -0.2) is 4.79 Å². The molecule has 0 radical (unpaired) electrons. The quantitative estimate of drug-likeness (QED) is 0.422. The maximum atomic E-state index is 12.4. The van der Waals surface area contributed by atoms with Gasteiger partial charge >= 0.3 is 5.97 Å². The van der Waals surface area contributed by atoms with Gasteiger partial charge in [0.1, 0.15) is 6.61 Å². The first-order chi connectivity index (χ1) is 17.1. The van der Waals surface area contributed by atoms with E-state index in [0.717, 1.165) is 69.8 Å². The summed E-state index contributed by atoms with van der Waals surface area (Å²) in [5, 5.41) is 22.4. The molecule has 2 aliphatic heterocycles. The van der Waals surface area contributed by atoms with Crippen LogP contribution in [0.3, 0.4) is 0 Å². The van der Waals surface area contributed by atoms with E-state index < -0.39 is 5.60 Å². The summed E-state index contributed by atoms with van der Waals surface area (Å²) < 4.78 is 17.6. The number of ether oxygens (including phenoxy) is 3. The largest absolute Gasteiger partial charge is 0.458 e. The smallest absolute Gasteiger partial charge is 0.331 e. The third-order valence-electron chi connectivity index (χ3n) is 12.0. The minimum Gasteiger partial charge on any atom is -0.458 e. The Morgan fingerprint density at radius 2 is 1.83 bits per heavy atom. The van der Waals surface area contributed by atoms with E-state index in [1.54, 1.807) is 6.08 Å². The van der Waals surface area contributed by atoms with Gasteiger partial charge in [-0.2, -0.15) is 0 Å². The molecule has 202 valence electrons. The van der Waals surface area contributed by atoms with Crippen LogP contribution in [0.1, 0.15) is 97.8 Å². The van der Waals surface area contributed by atoms with Gasteiger partial charge in [0.2, 0.25) is 0 Å². The maximum Gasteiger partial charge on any atom is 0.331 e. The number of fused-ring (bicyclic) bond motifs is 5. The molecule has 0 amide bonds. The highest BCUT2D eigenvalue weighted by Gasteiger charge is 2.64. The summed E-state index contributed by atoms with van der Waals surface area (Å²) in [4.78, 5) is 11.7. The standard InChI is InChI=1S/C30H46O6/c1-18-25(31)6-7-27(35-18)36-22-9-12-29(3)21(15-22)4-5-24-23(29)10-11-28(2)16-19(8-13-30(24,28)33)20-14-26(32)34-17-20/h14,18-19,21-25,27,31,33H,4-13,15-17H2,1-3H3. The summed E-state index contributed by atoms with van der Waals surface area (Å²) in [6.07, 6.45) is 13.4. The Balaban J connectivity index is 1.13. The molecule has 0 aromatic carbocycles. The van der Waals surface area contributed by atoms with Gasteiger partial charge in [0.05, 0.1) is 23.9 Å². The molecule has 1 saturated heterocycles. The van der Waals surface area contributed by atoms with Crippen LogP contribution >= 0.6 is 0 Å². The Kier molecular flexibility index (Phi) is 6.38. The van der Waals surface area contributed by atoms with Crippen molar-refractivity contribution < 1.29 is 29.2 Å². The zero-order valence-corrected chi connectivity index (χ0v) is 22.4. The topological polar surface area (TPSA) is 85.2 Å². The van der Waals surface area contributed by atoms with Crippen molar-refractivity contribution in [2.24, 2.45) is 34.5 Å². The second kappa shape index (κ2) is 9.07.